The van der Waals surface area contributed by atoms with Crippen molar-refractivity contribution in [3.8, 4) is 0 Å². The molecule has 0 radical (unpaired) electrons. The maximum absolute atomic E-state index is 12.3. The summed E-state index contributed by atoms with van der Waals surface area (Å²) in [5.74, 6) is -0.0926. The van der Waals surface area contributed by atoms with E-state index in [4.69, 9.17) is 0 Å². The summed E-state index contributed by atoms with van der Waals surface area (Å²) in [7, 11) is 3.96. The molecule has 3 heteroatoms. The lowest BCUT2D eigenvalue weighted by Gasteiger charge is -2.14. The molecule has 0 aromatic heterocycles. The number of hydrogen-bond acceptors (Lipinski definition) is 2. The SMILES string of the molecule is CCC/C=C/c1ccc(C(=O)Nc2cccc(N(C)C)c2)cc1. The quantitative estimate of drug-likeness (QED) is 0.830. The smallest absolute Gasteiger partial charge is 0.255 e. The van der Waals surface area contributed by atoms with Crippen LogP contribution in [0.1, 0.15) is 35.7 Å². The predicted octanol–water partition coefficient (Wildman–Crippen LogP) is 4.82. The van der Waals surface area contributed by atoms with Crippen LogP contribution in [0, 0.1) is 0 Å². The summed E-state index contributed by atoms with van der Waals surface area (Å²) in [5, 5.41) is 2.94. The molecule has 1 N–H and O–H groups in total. The van der Waals surface area contributed by atoms with Crippen LogP contribution in [0.2, 0.25) is 0 Å². The minimum absolute atomic E-state index is 0.0926. The van der Waals surface area contributed by atoms with Gasteiger partial charge in [-0.25, -0.2) is 0 Å². The Hall–Kier alpha value is -2.55. The van der Waals surface area contributed by atoms with Gasteiger partial charge in [-0.1, -0.05) is 43.7 Å². The van der Waals surface area contributed by atoms with Gasteiger partial charge in [0.15, 0.2) is 0 Å². The zero-order valence-electron chi connectivity index (χ0n) is 14.0. The average molecular weight is 308 g/mol. The van der Waals surface area contributed by atoms with Crippen molar-refractivity contribution in [2.24, 2.45) is 0 Å². The zero-order valence-corrected chi connectivity index (χ0v) is 14.0. The summed E-state index contributed by atoms with van der Waals surface area (Å²) < 4.78 is 0. The van der Waals surface area contributed by atoms with Crippen LogP contribution in [0.5, 0.6) is 0 Å². The third-order valence-electron chi connectivity index (χ3n) is 3.56. The Morgan fingerprint density at radius 2 is 1.87 bits per heavy atom. The highest BCUT2D eigenvalue weighted by atomic mass is 16.1. The first-order valence-corrected chi connectivity index (χ1v) is 7.95. The normalized spacial score (nSPS) is 10.7. The van der Waals surface area contributed by atoms with Crippen molar-refractivity contribution in [2.45, 2.75) is 19.8 Å². The highest BCUT2D eigenvalue weighted by Gasteiger charge is 2.06. The first-order chi connectivity index (χ1) is 11.1. The Bertz CT molecular complexity index is 672. The van der Waals surface area contributed by atoms with Crippen molar-refractivity contribution in [3.05, 3.63) is 65.7 Å². The van der Waals surface area contributed by atoms with Gasteiger partial charge < -0.3 is 10.2 Å². The van der Waals surface area contributed by atoms with E-state index in [9.17, 15) is 4.79 Å². The highest BCUT2D eigenvalue weighted by Crippen LogP contribution is 2.18. The fraction of sp³-hybridized carbons (Fsp3) is 0.250. The topological polar surface area (TPSA) is 32.3 Å². The maximum atomic E-state index is 12.3. The molecule has 3 nitrogen and oxygen atoms in total. The van der Waals surface area contributed by atoms with Crippen LogP contribution in [0.3, 0.4) is 0 Å². The van der Waals surface area contributed by atoms with Crippen molar-refractivity contribution < 1.29 is 4.79 Å². The number of carbonyl (C=O) groups is 1. The number of nitrogens with one attached hydrogen (secondary N) is 1. The van der Waals surface area contributed by atoms with E-state index in [2.05, 4.69) is 24.4 Å². The van der Waals surface area contributed by atoms with E-state index in [1.165, 1.54) is 0 Å². The number of amides is 1. The van der Waals surface area contributed by atoms with Crippen LogP contribution in [-0.4, -0.2) is 20.0 Å². The van der Waals surface area contributed by atoms with Crippen molar-refractivity contribution in [3.63, 3.8) is 0 Å². The Balaban J connectivity index is 2.04. The Labute approximate surface area is 138 Å². The summed E-state index contributed by atoms with van der Waals surface area (Å²) in [6.45, 7) is 2.16. The molecule has 0 aliphatic carbocycles. The number of carbonyl (C=O) groups excluding carboxylic acids is 1. The van der Waals surface area contributed by atoms with Crippen molar-refractivity contribution in [1.82, 2.24) is 0 Å². The number of benzene rings is 2. The molecule has 2 rings (SSSR count). The number of nitrogens with zero attached hydrogens (tertiary/aromatic N) is 1. The van der Waals surface area contributed by atoms with Gasteiger partial charge in [0.25, 0.3) is 5.91 Å². The molecule has 0 aliphatic heterocycles. The van der Waals surface area contributed by atoms with Crippen LogP contribution >= 0.6 is 0 Å². The van der Waals surface area contributed by atoms with Crippen LogP contribution in [0.15, 0.2) is 54.6 Å². The second-order valence-electron chi connectivity index (χ2n) is 5.71. The van der Waals surface area contributed by atoms with E-state index < -0.39 is 0 Å². The zero-order chi connectivity index (χ0) is 16.7. The molecular weight excluding hydrogens is 284 g/mol. The standard InChI is InChI=1S/C20H24N2O/c1-4-5-6-8-16-11-13-17(14-12-16)20(23)21-18-9-7-10-19(15-18)22(2)3/h6-15H,4-5H2,1-3H3,(H,21,23)/b8-6+. The number of allylic oxidation sites excluding steroid dienone is 1. The highest BCUT2D eigenvalue weighted by molar-refractivity contribution is 6.04. The molecule has 0 heterocycles. The van der Waals surface area contributed by atoms with Crippen LogP contribution in [0.4, 0.5) is 11.4 Å². The molecule has 1 amide bonds. The average Bonchev–Trinajstić information content (AvgIpc) is 2.56. The van der Waals surface area contributed by atoms with E-state index in [1.807, 2.05) is 67.5 Å². The third-order valence-corrected chi connectivity index (χ3v) is 3.56. The molecule has 0 atom stereocenters. The van der Waals surface area contributed by atoms with Crippen LogP contribution in [-0.2, 0) is 0 Å². The van der Waals surface area contributed by atoms with Gasteiger partial charge in [-0.2, -0.15) is 0 Å². The minimum atomic E-state index is -0.0926. The Morgan fingerprint density at radius 1 is 1.13 bits per heavy atom. The van der Waals surface area contributed by atoms with Gasteiger partial charge in [-0.3, -0.25) is 4.79 Å². The largest absolute Gasteiger partial charge is 0.378 e. The molecular formula is C20H24N2O. The summed E-state index contributed by atoms with van der Waals surface area (Å²) in [6, 6.07) is 15.5. The molecule has 0 fully saturated rings. The number of unbranched alkanes of at least 4 members (excludes halogenated alkanes) is 1. The fourth-order valence-corrected chi connectivity index (χ4v) is 2.20. The van der Waals surface area contributed by atoms with E-state index in [-0.39, 0.29) is 5.91 Å². The van der Waals surface area contributed by atoms with E-state index in [1.54, 1.807) is 0 Å². The Kier molecular flexibility index (Phi) is 5.98. The first kappa shape index (κ1) is 16.8. The van der Waals surface area contributed by atoms with Crippen molar-refractivity contribution in [1.29, 1.82) is 0 Å². The monoisotopic (exact) mass is 308 g/mol. The lowest BCUT2D eigenvalue weighted by molar-refractivity contribution is 0.102. The molecule has 23 heavy (non-hydrogen) atoms. The van der Waals surface area contributed by atoms with Crippen LogP contribution in [0.25, 0.3) is 6.08 Å². The molecule has 0 saturated heterocycles. The van der Waals surface area contributed by atoms with Gasteiger partial charge in [0.1, 0.15) is 0 Å². The molecule has 0 bridgehead atoms. The minimum Gasteiger partial charge on any atom is -0.378 e. The van der Waals surface area contributed by atoms with Gasteiger partial charge in [-0.15, -0.1) is 0 Å². The van der Waals surface area contributed by atoms with E-state index in [0.717, 1.165) is 29.8 Å². The van der Waals surface area contributed by atoms with E-state index in [0.29, 0.717) is 5.56 Å². The van der Waals surface area contributed by atoms with Crippen molar-refractivity contribution in [2.75, 3.05) is 24.3 Å². The summed E-state index contributed by atoms with van der Waals surface area (Å²) in [6.07, 6.45) is 6.46. The Morgan fingerprint density at radius 3 is 2.52 bits per heavy atom. The number of anilines is 2. The van der Waals surface area contributed by atoms with E-state index >= 15 is 0 Å². The molecule has 0 aliphatic rings. The second kappa shape index (κ2) is 8.18. The third kappa shape index (κ3) is 4.99. The van der Waals surface area contributed by atoms with Gasteiger partial charge in [0.05, 0.1) is 0 Å². The number of hydrogen-bond donors (Lipinski definition) is 1. The lowest BCUT2D eigenvalue weighted by atomic mass is 10.1. The lowest BCUT2D eigenvalue weighted by Crippen LogP contribution is -2.13. The first-order valence-electron chi connectivity index (χ1n) is 7.95. The molecule has 120 valence electrons. The molecule has 0 saturated carbocycles. The second-order valence-corrected chi connectivity index (χ2v) is 5.71. The summed E-state index contributed by atoms with van der Waals surface area (Å²) >= 11 is 0. The predicted molar refractivity (Wildman–Crippen MR) is 99.1 cm³/mol. The maximum Gasteiger partial charge on any atom is 0.255 e. The summed E-state index contributed by atoms with van der Waals surface area (Å²) in [4.78, 5) is 14.3. The fourth-order valence-electron chi connectivity index (χ4n) is 2.20. The number of rotatable bonds is 6. The molecule has 0 spiro atoms. The molecule has 2 aromatic carbocycles. The van der Waals surface area contributed by atoms with Gasteiger partial charge >= 0.3 is 0 Å². The van der Waals surface area contributed by atoms with Gasteiger partial charge in [-0.05, 0) is 42.3 Å². The van der Waals surface area contributed by atoms with Gasteiger partial charge in [0.2, 0.25) is 0 Å². The van der Waals surface area contributed by atoms with Crippen LogP contribution < -0.4 is 10.2 Å². The van der Waals surface area contributed by atoms with Gasteiger partial charge in [0, 0.05) is 31.0 Å². The molecule has 0 unspecified atom stereocenters. The summed E-state index contributed by atoms with van der Waals surface area (Å²) in [5.41, 5.74) is 3.63. The van der Waals surface area contributed by atoms with Crippen molar-refractivity contribution >= 4 is 23.4 Å². The molecule has 2 aromatic rings.